The summed E-state index contributed by atoms with van der Waals surface area (Å²) in [6.07, 6.45) is 3.58. The van der Waals surface area contributed by atoms with E-state index in [9.17, 15) is 13.2 Å². The second-order valence-corrected chi connectivity index (χ2v) is 13.3. The van der Waals surface area contributed by atoms with Gasteiger partial charge < -0.3 is 9.13 Å². The fraction of sp³-hybridized carbons (Fsp3) is 0.122. The van der Waals surface area contributed by atoms with Gasteiger partial charge in [0.1, 0.15) is 5.69 Å². The van der Waals surface area contributed by atoms with Crippen LogP contribution in [0.3, 0.4) is 0 Å². The fourth-order valence-electron chi connectivity index (χ4n) is 6.74. The van der Waals surface area contributed by atoms with Crippen LogP contribution in [0.4, 0.5) is 22.0 Å². The van der Waals surface area contributed by atoms with E-state index in [-0.39, 0.29) is 38.0 Å². The number of hydrogen-bond acceptors (Lipinski definition) is 2. The molecular weight excluding hydrogens is 853 g/mol. The van der Waals surface area contributed by atoms with Gasteiger partial charge in [0.25, 0.3) is 0 Å². The molecule has 0 fully saturated rings. The number of para-hydroxylation sites is 1. The van der Waals surface area contributed by atoms with Crippen molar-refractivity contribution in [3.05, 3.63) is 144 Å². The van der Waals surface area contributed by atoms with E-state index in [1.165, 1.54) is 4.68 Å². The van der Waals surface area contributed by atoms with E-state index in [0.29, 0.717) is 16.8 Å². The molecule has 0 radical (unpaired) electrons. The van der Waals surface area contributed by atoms with Gasteiger partial charge in [-0.1, -0.05) is 74.8 Å². The van der Waals surface area contributed by atoms with E-state index >= 15 is 8.78 Å². The van der Waals surface area contributed by atoms with Crippen LogP contribution in [0.1, 0.15) is 26.5 Å². The summed E-state index contributed by atoms with van der Waals surface area (Å²) in [5.74, 6) is -9.42. The van der Waals surface area contributed by atoms with Crippen molar-refractivity contribution >= 4 is 21.8 Å². The van der Waals surface area contributed by atoms with Gasteiger partial charge in [-0.3, -0.25) is 9.67 Å². The zero-order valence-electron chi connectivity index (χ0n) is 28.2. The average molecular weight is 881 g/mol. The number of imidazole rings is 1. The SMILES string of the molecule is Cn1ccnc1-c1[c-]c(-n2c3[c-]c(-n4nc(-c5ccccc5)c(-c5c(F)c(F)c(F)c(F)c5F)c4C(C)(C)C)ccc3c3ccccc32)ccc1.[Pt+2]. The van der Waals surface area contributed by atoms with Gasteiger partial charge in [0.05, 0.1) is 17.1 Å². The zero-order valence-corrected chi connectivity index (χ0v) is 30.5. The molecule has 262 valence electrons. The van der Waals surface area contributed by atoms with Crippen LogP contribution < -0.4 is 0 Å². The first-order valence-corrected chi connectivity index (χ1v) is 16.1. The van der Waals surface area contributed by atoms with Crippen molar-refractivity contribution in [2.45, 2.75) is 26.2 Å². The Morgan fingerprint density at radius 1 is 0.654 bits per heavy atom. The molecule has 0 atom stereocenters. The Kier molecular flexibility index (Phi) is 8.78. The number of aryl methyl sites for hydroxylation is 1. The maximum atomic E-state index is 15.7. The van der Waals surface area contributed by atoms with Crippen LogP contribution in [0.25, 0.3) is 67.0 Å². The summed E-state index contributed by atoms with van der Waals surface area (Å²) in [6.45, 7) is 5.37. The molecule has 8 aromatic rings. The predicted octanol–water partition coefficient (Wildman–Crippen LogP) is 10.3. The number of fused-ring (bicyclic) bond motifs is 3. The van der Waals surface area contributed by atoms with Crippen LogP contribution in [0.15, 0.2) is 97.3 Å². The largest absolute Gasteiger partial charge is 2.00 e. The maximum absolute atomic E-state index is 15.7. The van der Waals surface area contributed by atoms with Crippen LogP contribution in [0.2, 0.25) is 0 Å². The van der Waals surface area contributed by atoms with Gasteiger partial charge in [-0.25, -0.2) is 22.0 Å². The fourth-order valence-corrected chi connectivity index (χ4v) is 6.74. The summed E-state index contributed by atoms with van der Waals surface area (Å²) in [5, 5.41) is 6.69. The van der Waals surface area contributed by atoms with E-state index in [1.807, 2.05) is 70.9 Å². The van der Waals surface area contributed by atoms with E-state index in [1.54, 1.807) is 63.4 Å². The third kappa shape index (κ3) is 5.48. The van der Waals surface area contributed by atoms with Gasteiger partial charge in [0.2, 0.25) is 5.82 Å². The van der Waals surface area contributed by atoms with Crippen molar-refractivity contribution in [3.8, 4) is 45.1 Å². The molecule has 0 aliphatic heterocycles. The smallest absolute Gasteiger partial charge is 0.373 e. The summed E-state index contributed by atoms with van der Waals surface area (Å²) >= 11 is 0. The molecule has 52 heavy (non-hydrogen) atoms. The van der Waals surface area contributed by atoms with E-state index in [0.717, 1.165) is 33.4 Å². The van der Waals surface area contributed by atoms with Crippen molar-refractivity contribution < 1.29 is 43.0 Å². The minimum Gasteiger partial charge on any atom is -0.373 e. The number of nitrogens with zero attached hydrogens (tertiary/aromatic N) is 5. The Morgan fingerprint density at radius 3 is 2.00 bits per heavy atom. The Morgan fingerprint density at radius 2 is 1.33 bits per heavy atom. The minimum atomic E-state index is -2.23. The van der Waals surface area contributed by atoms with Crippen LogP contribution in [0.5, 0.6) is 0 Å². The average Bonchev–Trinajstić information content (AvgIpc) is 3.84. The Balaban J connectivity index is 0.00000420. The molecule has 5 nitrogen and oxygen atoms in total. The summed E-state index contributed by atoms with van der Waals surface area (Å²) < 4.78 is 80.8. The third-order valence-electron chi connectivity index (χ3n) is 8.98. The molecule has 11 heteroatoms. The van der Waals surface area contributed by atoms with Gasteiger partial charge in [0, 0.05) is 41.5 Å². The molecule has 5 aromatic carbocycles. The number of benzene rings is 5. The summed E-state index contributed by atoms with van der Waals surface area (Å²) in [6, 6.07) is 32.9. The van der Waals surface area contributed by atoms with Crippen LogP contribution >= 0.6 is 0 Å². The zero-order chi connectivity index (χ0) is 35.8. The molecule has 8 rings (SSSR count). The summed E-state index contributed by atoms with van der Waals surface area (Å²) in [4.78, 5) is 4.49. The van der Waals surface area contributed by atoms with Crippen LogP contribution in [0, 0.1) is 41.2 Å². The summed E-state index contributed by atoms with van der Waals surface area (Å²) in [5.41, 5.74) is 1.98. The summed E-state index contributed by atoms with van der Waals surface area (Å²) in [7, 11) is 1.91. The van der Waals surface area contributed by atoms with E-state index < -0.39 is 40.1 Å². The Labute approximate surface area is 310 Å². The molecule has 0 saturated heterocycles. The molecule has 0 amide bonds. The van der Waals surface area contributed by atoms with Gasteiger partial charge in [0.15, 0.2) is 23.3 Å². The quantitative estimate of drug-likeness (QED) is 0.0748. The van der Waals surface area contributed by atoms with Gasteiger partial charge in [-0.15, -0.1) is 47.3 Å². The van der Waals surface area contributed by atoms with Gasteiger partial charge >= 0.3 is 21.1 Å². The molecular formula is C41H28F5N5Pt. The molecule has 3 aromatic heterocycles. The normalized spacial score (nSPS) is 11.8. The van der Waals surface area contributed by atoms with Crippen LogP contribution in [-0.2, 0) is 33.5 Å². The van der Waals surface area contributed by atoms with E-state index in [2.05, 4.69) is 17.1 Å². The second kappa shape index (κ2) is 13.0. The first kappa shape index (κ1) is 35.1. The van der Waals surface area contributed by atoms with Crippen molar-refractivity contribution in [2.24, 2.45) is 7.05 Å². The van der Waals surface area contributed by atoms with E-state index in [4.69, 9.17) is 5.10 Å². The number of aromatic nitrogens is 5. The minimum absolute atomic E-state index is 0. The van der Waals surface area contributed by atoms with Crippen molar-refractivity contribution in [1.82, 2.24) is 23.9 Å². The molecule has 0 spiro atoms. The monoisotopic (exact) mass is 880 g/mol. The Bertz CT molecular complexity index is 2620. The molecule has 0 aliphatic carbocycles. The van der Waals surface area contributed by atoms with Gasteiger partial charge in [-0.2, -0.15) is 11.2 Å². The maximum Gasteiger partial charge on any atom is 2.00 e. The molecule has 0 aliphatic rings. The molecule has 0 unspecified atom stereocenters. The second-order valence-electron chi connectivity index (χ2n) is 13.3. The predicted molar refractivity (Wildman–Crippen MR) is 187 cm³/mol. The van der Waals surface area contributed by atoms with Gasteiger partial charge in [-0.05, 0) is 22.8 Å². The number of halogens is 5. The van der Waals surface area contributed by atoms with Crippen molar-refractivity contribution in [3.63, 3.8) is 0 Å². The molecule has 0 bridgehead atoms. The first-order valence-electron chi connectivity index (χ1n) is 16.1. The number of hydrogen-bond donors (Lipinski definition) is 0. The standard InChI is InChI=1S/C41H28F5N5.Pt/c1-41(2,3)39-32(31-33(42)35(44)37(46)36(45)34(31)43)38(23-11-6-5-7-12-23)48-51(39)26-17-18-28-27-15-8-9-16-29(27)50(30(28)22-26)25-14-10-13-24(21-25)40-47-19-20-49(40)4;/h5-20H,1-4H3;/q-2;+2. The molecule has 3 heterocycles. The van der Waals surface area contributed by atoms with Crippen LogP contribution in [-0.4, -0.2) is 23.9 Å². The third-order valence-corrected chi connectivity index (χ3v) is 8.98. The van der Waals surface area contributed by atoms with Crippen molar-refractivity contribution in [2.75, 3.05) is 0 Å². The molecule has 0 N–H and O–H groups in total. The molecule has 0 saturated carbocycles. The first-order chi connectivity index (χ1) is 24.5. The number of rotatable bonds is 5. The topological polar surface area (TPSA) is 40.6 Å². The van der Waals surface area contributed by atoms with Crippen molar-refractivity contribution in [1.29, 1.82) is 0 Å². The Hall–Kier alpha value is -5.34.